The molecular weight excluding hydrogens is 398 g/mol. The smallest absolute Gasteiger partial charge is 0.341 e. The Bertz CT molecular complexity index is 855. The topological polar surface area (TPSA) is 64.3 Å². The Balaban J connectivity index is 1.68. The minimum absolute atomic E-state index is 0.0457. The van der Waals surface area contributed by atoms with Crippen LogP contribution in [0.2, 0.25) is 0 Å². The van der Waals surface area contributed by atoms with Gasteiger partial charge in [-0.3, -0.25) is 4.79 Å². The van der Waals surface area contributed by atoms with E-state index in [1.54, 1.807) is 11.8 Å². The lowest BCUT2D eigenvalue weighted by Crippen LogP contribution is -3.28. The molecule has 0 spiro atoms. The van der Waals surface area contributed by atoms with Crippen molar-refractivity contribution in [1.29, 1.82) is 0 Å². The fourth-order valence-corrected chi connectivity index (χ4v) is 4.82. The van der Waals surface area contributed by atoms with E-state index in [2.05, 4.69) is 12.2 Å². The van der Waals surface area contributed by atoms with Crippen LogP contribution in [0, 0.1) is 6.92 Å². The fourth-order valence-electron chi connectivity index (χ4n) is 3.84. The van der Waals surface area contributed by atoms with Crippen molar-refractivity contribution < 1.29 is 24.1 Å². The van der Waals surface area contributed by atoms with Crippen LogP contribution in [0.25, 0.3) is 11.1 Å². The monoisotopic (exact) mass is 431 g/mol. The molecule has 0 aliphatic carbocycles. The molecule has 162 valence electrons. The lowest BCUT2D eigenvalue weighted by atomic mass is 10.0. The van der Waals surface area contributed by atoms with Crippen LogP contribution < -0.4 is 15.1 Å². The van der Waals surface area contributed by atoms with E-state index in [1.807, 2.05) is 36.6 Å². The van der Waals surface area contributed by atoms with E-state index >= 15 is 0 Å². The molecule has 30 heavy (non-hydrogen) atoms. The molecule has 1 fully saturated rings. The molecule has 2 heterocycles. The van der Waals surface area contributed by atoms with E-state index in [-0.39, 0.29) is 5.91 Å². The molecule has 2 aromatic rings. The van der Waals surface area contributed by atoms with Gasteiger partial charge in [-0.15, -0.1) is 11.3 Å². The minimum atomic E-state index is -0.395. The largest absolute Gasteiger partial charge is 0.462 e. The highest BCUT2D eigenvalue weighted by atomic mass is 32.1. The second-order valence-corrected chi connectivity index (χ2v) is 8.72. The molecule has 0 saturated carbocycles. The van der Waals surface area contributed by atoms with Crippen LogP contribution in [-0.2, 0) is 9.53 Å². The number of amides is 1. The number of nitrogens with one attached hydrogen (secondary N) is 3. The van der Waals surface area contributed by atoms with Gasteiger partial charge >= 0.3 is 5.97 Å². The molecule has 6 nitrogen and oxygen atoms in total. The maximum atomic E-state index is 12.7. The molecule has 1 saturated heterocycles. The van der Waals surface area contributed by atoms with Gasteiger partial charge in [0.05, 0.1) is 26.1 Å². The van der Waals surface area contributed by atoms with Crippen LogP contribution in [0.1, 0.15) is 36.2 Å². The van der Waals surface area contributed by atoms with Crippen LogP contribution in [0.3, 0.4) is 0 Å². The Morgan fingerprint density at radius 3 is 2.37 bits per heavy atom. The first-order valence-corrected chi connectivity index (χ1v) is 11.7. The van der Waals surface area contributed by atoms with Gasteiger partial charge < -0.3 is 19.9 Å². The molecule has 1 aliphatic rings. The van der Waals surface area contributed by atoms with Gasteiger partial charge in [-0.05, 0) is 26.3 Å². The van der Waals surface area contributed by atoms with Crippen molar-refractivity contribution in [3.05, 3.63) is 40.8 Å². The number of thiophene rings is 1. The van der Waals surface area contributed by atoms with Crippen LogP contribution in [0.5, 0.6) is 0 Å². The molecule has 0 atom stereocenters. The summed E-state index contributed by atoms with van der Waals surface area (Å²) >= 11 is 1.38. The fraction of sp³-hybridized carbons (Fsp3) is 0.478. The summed E-state index contributed by atoms with van der Waals surface area (Å²) in [6, 6.07) is 8.02. The average molecular weight is 432 g/mol. The highest BCUT2D eigenvalue weighted by molar-refractivity contribution is 7.15. The zero-order chi connectivity index (χ0) is 21.5. The predicted octanol–water partition coefficient (Wildman–Crippen LogP) is 1.03. The van der Waals surface area contributed by atoms with Crippen molar-refractivity contribution in [3.63, 3.8) is 0 Å². The Hall–Kier alpha value is -2.22. The summed E-state index contributed by atoms with van der Waals surface area (Å²) in [5.74, 6) is -0.440. The summed E-state index contributed by atoms with van der Waals surface area (Å²) in [5, 5.41) is 5.47. The number of anilines is 1. The molecule has 0 unspecified atom stereocenters. The standard InChI is InChI=1S/C23H31N3O3S/c1-4-25-12-14-26(15-13-25)11-10-20(27)24-22-21(23(28)29-5-2)19(16-30-22)18-8-6-17(3)7-9-18/h6-9,16H,4-5,10-15H2,1-3H3,(H,24,27)/p+2. The van der Waals surface area contributed by atoms with Gasteiger partial charge in [0.15, 0.2) is 0 Å². The second-order valence-electron chi connectivity index (χ2n) is 7.84. The third kappa shape index (κ3) is 5.68. The maximum Gasteiger partial charge on any atom is 0.341 e. The molecule has 0 radical (unpaired) electrons. The van der Waals surface area contributed by atoms with Crippen molar-refractivity contribution in [2.75, 3.05) is 51.2 Å². The van der Waals surface area contributed by atoms with Gasteiger partial charge in [-0.25, -0.2) is 4.79 Å². The van der Waals surface area contributed by atoms with Gasteiger partial charge in [0, 0.05) is 10.9 Å². The molecule has 1 amide bonds. The van der Waals surface area contributed by atoms with Crippen molar-refractivity contribution >= 4 is 28.2 Å². The van der Waals surface area contributed by atoms with Crippen molar-refractivity contribution in [1.82, 2.24) is 0 Å². The predicted molar refractivity (Wildman–Crippen MR) is 120 cm³/mol. The molecular formula is C23H33N3O3S+2. The van der Waals surface area contributed by atoms with E-state index < -0.39 is 5.97 Å². The van der Waals surface area contributed by atoms with Crippen molar-refractivity contribution in [2.45, 2.75) is 27.2 Å². The van der Waals surface area contributed by atoms with Crippen molar-refractivity contribution in [3.8, 4) is 11.1 Å². The molecule has 0 bridgehead atoms. The number of benzene rings is 1. The van der Waals surface area contributed by atoms with Gasteiger partial charge in [0.1, 0.15) is 36.7 Å². The number of rotatable bonds is 8. The summed E-state index contributed by atoms with van der Waals surface area (Å²) in [6.45, 7) is 12.9. The third-order valence-corrected chi connectivity index (χ3v) is 6.65. The quantitative estimate of drug-likeness (QED) is 0.547. The normalized spacial score (nSPS) is 18.8. The molecule has 1 aromatic heterocycles. The Morgan fingerprint density at radius 2 is 1.73 bits per heavy atom. The number of aryl methyl sites for hydroxylation is 1. The van der Waals surface area contributed by atoms with Crippen LogP contribution in [0.15, 0.2) is 29.6 Å². The van der Waals surface area contributed by atoms with Crippen LogP contribution in [0.4, 0.5) is 5.00 Å². The third-order valence-electron chi connectivity index (χ3n) is 5.76. The number of hydrogen-bond donors (Lipinski definition) is 3. The SMILES string of the molecule is CCOC(=O)c1c(-c2ccc(C)cc2)csc1NC(=O)CC[NH+]1CC[NH+](CC)CC1. The van der Waals surface area contributed by atoms with Gasteiger partial charge in [-0.1, -0.05) is 29.8 Å². The lowest BCUT2D eigenvalue weighted by Gasteiger charge is -2.28. The summed E-state index contributed by atoms with van der Waals surface area (Å²) in [7, 11) is 0. The Kier molecular flexibility index (Phi) is 8.01. The first kappa shape index (κ1) is 22.5. The molecule has 1 aliphatic heterocycles. The second kappa shape index (κ2) is 10.7. The summed E-state index contributed by atoms with van der Waals surface area (Å²) < 4.78 is 5.28. The van der Waals surface area contributed by atoms with E-state index in [1.165, 1.54) is 35.9 Å². The number of carbonyl (C=O) groups excluding carboxylic acids is 2. The minimum Gasteiger partial charge on any atom is -0.462 e. The number of quaternary nitrogens is 2. The Labute approximate surface area is 182 Å². The molecule has 1 aromatic carbocycles. The lowest BCUT2D eigenvalue weighted by molar-refractivity contribution is -1.01. The summed E-state index contributed by atoms with van der Waals surface area (Å²) in [5.41, 5.74) is 3.36. The number of hydrogen-bond acceptors (Lipinski definition) is 4. The number of esters is 1. The van der Waals surface area contributed by atoms with Crippen molar-refractivity contribution in [2.24, 2.45) is 0 Å². The average Bonchev–Trinajstić information content (AvgIpc) is 3.17. The number of ether oxygens (including phenoxy) is 1. The van der Waals surface area contributed by atoms with E-state index in [4.69, 9.17) is 4.74 Å². The van der Waals surface area contributed by atoms with E-state index in [0.29, 0.717) is 23.6 Å². The first-order valence-electron chi connectivity index (χ1n) is 10.8. The highest BCUT2D eigenvalue weighted by Crippen LogP contribution is 2.36. The Morgan fingerprint density at radius 1 is 1.07 bits per heavy atom. The van der Waals surface area contributed by atoms with Crippen LogP contribution >= 0.6 is 11.3 Å². The van der Waals surface area contributed by atoms with Gasteiger partial charge in [-0.2, -0.15) is 0 Å². The highest BCUT2D eigenvalue weighted by Gasteiger charge is 2.25. The van der Waals surface area contributed by atoms with E-state index in [0.717, 1.165) is 36.3 Å². The zero-order valence-corrected chi connectivity index (χ0v) is 19.0. The summed E-state index contributed by atoms with van der Waals surface area (Å²) in [6.07, 6.45) is 0.455. The molecule has 3 rings (SSSR count). The molecule has 3 N–H and O–H groups in total. The number of likely N-dealkylation sites (N-methyl/N-ethyl adjacent to an activating group) is 1. The van der Waals surface area contributed by atoms with Gasteiger partial charge in [0.25, 0.3) is 0 Å². The summed E-state index contributed by atoms with van der Waals surface area (Å²) in [4.78, 5) is 28.4. The van der Waals surface area contributed by atoms with Crippen LogP contribution in [-0.4, -0.2) is 57.8 Å². The number of piperazine rings is 1. The number of carbonyl (C=O) groups is 2. The zero-order valence-electron chi connectivity index (χ0n) is 18.2. The maximum absolute atomic E-state index is 12.7. The van der Waals surface area contributed by atoms with Gasteiger partial charge in [0.2, 0.25) is 5.91 Å². The molecule has 7 heteroatoms. The van der Waals surface area contributed by atoms with E-state index in [9.17, 15) is 9.59 Å². The first-order chi connectivity index (χ1) is 14.5.